The van der Waals surface area contributed by atoms with Crippen molar-refractivity contribution in [1.82, 2.24) is 10.4 Å². The molecule has 0 aliphatic heterocycles. The molecular formula is C26H23BrN4O2S. The van der Waals surface area contributed by atoms with Gasteiger partial charge in [-0.1, -0.05) is 46.3 Å². The van der Waals surface area contributed by atoms with Gasteiger partial charge in [-0.25, -0.2) is 10.4 Å². The summed E-state index contributed by atoms with van der Waals surface area (Å²) in [6, 6.07) is 25.4. The van der Waals surface area contributed by atoms with E-state index in [4.69, 9.17) is 9.72 Å². The molecule has 0 fully saturated rings. The second-order valence-electron chi connectivity index (χ2n) is 7.36. The fourth-order valence-corrected chi connectivity index (χ4v) is 4.47. The minimum Gasteiger partial charge on any atom is -0.497 e. The minimum atomic E-state index is -0.153. The third kappa shape index (κ3) is 6.52. The first-order chi connectivity index (χ1) is 16.6. The van der Waals surface area contributed by atoms with Crippen molar-refractivity contribution in [1.29, 1.82) is 0 Å². The molecular weight excluding hydrogens is 512 g/mol. The van der Waals surface area contributed by atoms with E-state index in [0.29, 0.717) is 12.8 Å². The Balaban J connectivity index is 1.46. The van der Waals surface area contributed by atoms with Crippen molar-refractivity contribution in [2.75, 3.05) is 12.4 Å². The van der Waals surface area contributed by atoms with Crippen LogP contribution in [0.5, 0.6) is 5.75 Å². The molecule has 1 heterocycles. The minimum absolute atomic E-state index is 0.153. The number of thiazole rings is 1. The zero-order chi connectivity index (χ0) is 23.8. The lowest BCUT2D eigenvalue weighted by molar-refractivity contribution is -0.121. The number of anilines is 2. The lowest BCUT2D eigenvalue weighted by atomic mass is 10.1. The van der Waals surface area contributed by atoms with Gasteiger partial charge in [-0.3, -0.25) is 4.79 Å². The van der Waals surface area contributed by atoms with Gasteiger partial charge in [-0.15, -0.1) is 11.3 Å². The Labute approximate surface area is 210 Å². The quantitative estimate of drug-likeness (QED) is 0.192. The highest BCUT2D eigenvalue weighted by atomic mass is 79.9. The highest BCUT2D eigenvalue weighted by molar-refractivity contribution is 9.10. The van der Waals surface area contributed by atoms with Gasteiger partial charge in [0.05, 0.1) is 19.0 Å². The molecule has 2 N–H and O–H groups in total. The van der Waals surface area contributed by atoms with Gasteiger partial charge in [-0.05, 0) is 60.5 Å². The number of amides is 1. The number of rotatable bonds is 9. The average Bonchev–Trinajstić information content (AvgIpc) is 3.27. The number of carbonyl (C=O) groups is 1. The Morgan fingerprint density at radius 2 is 1.79 bits per heavy atom. The monoisotopic (exact) mass is 534 g/mol. The maximum absolute atomic E-state index is 12.4. The molecule has 0 saturated carbocycles. The molecule has 3 aromatic carbocycles. The molecule has 0 spiro atoms. The summed E-state index contributed by atoms with van der Waals surface area (Å²) in [6.07, 6.45) is 2.48. The Morgan fingerprint density at radius 1 is 1.06 bits per heavy atom. The summed E-state index contributed by atoms with van der Waals surface area (Å²) in [4.78, 5) is 18.3. The molecule has 1 amide bonds. The molecule has 8 heteroatoms. The van der Waals surface area contributed by atoms with Gasteiger partial charge in [0.2, 0.25) is 5.91 Å². The molecule has 0 radical (unpaired) electrons. The van der Waals surface area contributed by atoms with Gasteiger partial charge in [0.1, 0.15) is 5.75 Å². The second-order valence-corrected chi connectivity index (χ2v) is 9.35. The maximum atomic E-state index is 12.4. The van der Waals surface area contributed by atoms with Crippen LogP contribution in [0.25, 0.3) is 11.3 Å². The summed E-state index contributed by atoms with van der Waals surface area (Å²) in [6.45, 7) is 0. The topological polar surface area (TPSA) is 75.6 Å². The lowest BCUT2D eigenvalue weighted by Crippen LogP contribution is -2.17. The first-order valence-electron chi connectivity index (χ1n) is 10.6. The number of aryl methyl sites for hydroxylation is 1. The number of nitrogens with one attached hydrogen (secondary N) is 2. The fourth-order valence-electron chi connectivity index (χ4n) is 3.20. The number of hydrogen-bond acceptors (Lipinski definition) is 6. The number of hydrazone groups is 1. The fraction of sp³-hybridized carbons (Fsp3) is 0.115. The van der Waals surface area contributed by atoms with E-state index in [0.717, 1.165) is 42.7 Å². The Hall–Kier alpha value is -3.49. The van der Waals surface area contributed by atoms with Crippen LogP contribution in [0.2, 0.25) is 0 Å². The number of benzene rings is 3. The van der Waals surface area contributed by atoms with Gasteiger partial charge in [-0.2, -0.15) is 5.10 Å². The van der Waals surface area contributed by atoms with Gasteiger partial charge in [0.15, 0.2) is 5.13 Å². The van der Waals surface area contributed by atoms with Crippen molar-refractivity contribution in [3.8, 4) is 17.0 Å². The van der Waals surface area contributed by atoms with Crippen LogP contribution in [-0.4, -0.2) is 24.2 Å². The molecule has 34 heavy (non-hydrogen) atoms. The van der Waals surface area contributed by atoms with Gasteiger partial charge in [0.25, 0.3) is 0 Å². The van der Waals surface area contributed by atoms with E-state index in [2.05, 4.69) is 31.8 Å². The van der Waals surface area contributed by atoms with Crippen LogP contribution in [0, 0.1) is 0 Å². The lowest BCUT2D eigenvalue weighted by Gasteiger charge is -2.04. The van der Waals surface area contributed by atoms with E-state index in [9.17, 15) is 4.79 Å². The zero-order valence-corrected chi connectivity index (χ0v) is 20.9. The largest absolute Gasteiger partial charge is 0.497 e. The van der Waals surface area contributed by atoms with E-state index >= 15 is 0 Å². The van der Waals surface area contributed by atoms with E-state index < -0.39 is 0 Å². The molecule has 0 saturated heterocycles. The van der Waals surface area contributed by atoms with Crippen LogP contribution in [0.1, 0.15) is 16.9 Å². The standard InChI is InChI=1S/C26H23BrN4O2S/c1-33-22-13-9-19(10-14-22)25-23(34-26(30-25)29-21-5-3-2-4-6-21)15-16-24(32)31-28-17-18-7-11-20(27)12-8-18/h2-14,17H,15-16H2,1H3,(H,29,30)(H,31,32)/b28-17-. The van der Waals surface area contributed by atoms with Crippen LogP contribution < -0.4 is 15.5 Å². The molecule has 4 rings (SSSR count). The van der Waals surface area contributed by atoms with Gasteiger partial charge < -0.3 is 10.1 Å². The third-order valence-electron chi connectivity index (χ3n) is 4.94. The molecule has 0 bridgehead atoms. The Bertz CT molecular complexity index is 1260. The number of para-hydroxylation sites is 1. The number of ether oxygens (including phenoxy) is 1. The zero-order valence-electron chi connectivity index (χ0n) is 18.5. The number of methoxy groups -OCH3 is 1. The number of halogens is 1. The maximum Gasteiger partial charge on any atom is 0.240 e. The van der Waals surface area contributed by atoms with E-state index in [1.54, 1.807) is 24.7 Å². The summed E-state index contributed by atoms with van der Waals surface area (Å²) in [7, 11) is 1.64. The molecule has 0 atom stereocenters. The van der Waals surface area contributed by atoms with Crippen molar-refractivity contribution in [3.05, 3.63) is 93.8 Å². The summed E-state index contributed by atoms with van der Waals surface area (Å²) in [5.41, 5.74) is 6.31. The SMILES string of the molecule is COc1ccc(-c2nc(Nc3ccccc3)sc2CCC(=O)N/N=C\c2ccc(Br)cc2)cc1. The number of hydrogen-bond donors (Lipinski definition) is 2. The first kappa shape index (κ1) is 23.7. The van der Waals surface area contributed by atoms with Gasteiger partial charge >= 0.3 is 0 Å². The smallest absolute Gasteiger partial charge is 0.240 e. The Kier molecular flexibility index (Phi) is 8.06. The Morgan fingerprint density at radius 3 is 2.50 bits per heavy atom. The van der Waals surface area contributed by atoms with Crippen LogP contribution in [0.4, 0.5) is 10.8 Å². The first-order valence-corrected chi connectivity index (χ1v) is 12.3. The van der Waals surface area contributed by atoms with Crippen LogP contribution in [0.15, 0.2) is 88.4 Å². The summed E-state index contributed by atoms with van der Waals surface area (Å²) >= 11 is 4.95. The van der Waals surface area contributed by atoms with E-state index in [1.807, 2.05) is 78.9 Å². The van der Waals surface area contributed by atoms with Crippen molar-refractivity contribution < 1.29 is 9.53 Å². The molecule has 0 unspecified atom stereocenters. The summed E-state index contributed by atoms with van der Waals surface area (Å²) in [5, 5.41) is 8.20. The highest BCUT2D eigenvalue weighted by Crippen LogP contribution is 2.34. The molecule has 0 aliphatic rings. The van der Waals surface area contributed by atoms with Crippen molar-refractivity contribution in [3.63, 3.8) is 0 Å². The van der Waals surface area contributed by atoms with E-state index in [-0.39, 0.29) is 5.91 Å². The number of carbonyl (C=O) groups excluding carboxylic acids is 1. The molecule has 4 aromatic rings. The summed E-state index contributed by atoms with van der Waals surface area (Å²) < 4.78 is 6.27. The van der Waals surface area contributed by atoms with E-state index in [1.165, 1.54) is 0 Å². The van der Waals surface area contributed by atoms with Crippen LogP contribution in [0.3, 0.4) is 0 Å². The van der Waals surface area contributed by atoms with Crippen molar-refractivity contribution in [2.45, 2.75) is 12.8 Å². The number of nitrogens with zero attached hydrogens (tertiary/aromatic N) is 2. The van der Waals surface area contributed by atoms with Crippen molar-refractivity contribution in [2.24, 2.45) is 5.10 Å². The molecule has 1 aromatic heterocycles. The third-order valence-corrected chi connectivity index (χ3v) is 6.50. The number of aromatic nitrogens is 1. The van der Waals surface area contributed by atoms with Crippen molar-refractivity contribution >= 4 is 50.2 Å². The van der Waals surface area contributed by atoms with Gasteiger partial charge in [0, 0.05) is 27.0 Å². The van der Waals surface area contributed by atoms with Crippen LogP contribution >= 0.6 is 27.3 Å². The average molecular weight is 535 g/mol. The molecule has 6 nitrogen and oxygen atoms in total. The predicted octanol–water partition coefficient (Wildman–Crippen LogP) is 6.41. The van der Waals surface area contributed by atoms with Crippen LogP contribution in [-0.2, 0) is 11.2 Å². The predicted molar refractivity (Wildman–Crippen MR) is 142 cm³/mol. The highest BCUT2D eigenvalue weighted by Gasteiger charge is 2.15. The normalized spacial score (nSPS) is 10.9. The summed E-state index contributed by atoms with van der Waals surface area (Å²) in [5.74, 6) is 0.631. The molecule has 172 valence electrons. The second kappa shape index (κ2) is 11.6. The molecule has 0 aliphatic carbocycles.